The van der Waals surface area contributed by atoms with E-state index in [4.69, 9.17) is 14.5 Å². The van der Waals surface area contributed by atoms with Gasteiger partial charge in [0.1, 0.15) is 24.9 Å². The molecule has 1 aliphatic heterocycles. The van der Waals surface area contributed by atoms with Gasteiger partial charge in [-0.2, -0.15) is 0 Å². The van der Waals surface area contributed by atoms with Gasteiger partial charge in [0.15, 0.2) is 5.78 Å². The smallest absolute Gasteiger partial charge is 0.315 e. The van der Waals surface area contributed by atoms with Crippen LogP contribution >= 0.6 is 0 Å². The Kier molecular flexibility index (Phi) is 7.10. The molecule has 0 radical (unpaired) electrons. The van der Waals surface area contributed by atoms with E-state index in [0.717, 1.165) is 22.7 Å². The molecule has 2 aliphatic rings. The summed E-state index contributed by atoms with van der Waals surface area (Å²) in [5, 5.41) is 0. The van der Waals surface area contributed by atoms with Crippen molar-refractivity contribution in [3.05, 3.63) is 71.4 Å². The lowest BCUT2D eigenvalue weighted by molar-refractivity contribution is -0.147. The first kappa shape index (κ1) is 24.7. The van der Waals surface area contributed by atoms with E-state index in [9.17, 15) is 9.59 Å². The van der Waals surface area contributed by atoms with Gasteiger partial charge in [-0.25, -0.2) is 0 Å². The third kappa shape index (κ3) is 5.47. The summed E-state index contributed by atoms with van der Waals surface area (Å²) in [5.41, 5.74) is 3.98. The van der Waals surface area contributed by atoms with Crippen LogP contribution in [0.1, 0.15) is 45.1 Å². The summed E-state index contributed by atoms with van der Waals surface area (Å²) in [6, 6.07) is 17.5. The van der Waals surface area contributed by atoms with E-state index in [1.165, 1.54) is 0 Å². The number of hydrogen-bond donors (Lipinski definition) is 0. The van der Waals surface area contributed by atoms with E-state index in [2.05, 4.69) is 13.8 Å². The second-order valence-corrected chi connectivity index (χ2v) is 10.3. The maximum atomic E-state index is 13.4. The molecule has 2 aromatic carbocycles. The minimum atomic E-state index is -0.652. The third-order valence-electron chi connectivity index (χ3n) is 6.66. The second-order valence-electron chi connectivity index (χ2n) is 10.3. The predicted molar refractivity (Wildman–Crippen MR) is 138 cm³/mol. The Morgan fingerprint density at radius 2 is 1.71 bits per heavy atom. The van der Waals surface area contributed by atoms with E-state index < -0.39 is 11.8 Å². The Hall–Kier alpha value is -3.41. The van der Waals surface area contributed by atoms with Crippen LogP contribution in [-0.2, 0) is 14.3 Å². The summed E-state index contributed by atoms with van der Waals surface area (Å²) >= 11 is 0. The van der Waals surface area contributed by atoms with Gasteiger partial charge in [-0.15, -0.1) is 0 Å². The summed E-state index contributed by atoms with van der Waals surface area (Å²) in [7, 11) is 3.97. The number of benzene rings is 2. The maximum Gasteiger partial charge on any atom is 0.315 e. The van der Waals surface area contributed by atoms with Gasteiger partial charge in [0.05, 0.1) is 0 Å². The Morgan fingerprint density at radius 3 is 2.37 bits per heavy atom. The number of ether oxygens (including phenoxy) is 2. The summed E-state index contributed by atoms with van der Waals surface area (Å²) in [6.07, 6.45) is 1.16. The standard InChI is InChI=1S/C29H34N2O4/c1-19-25(28(33)35-16-15-34-22-9-7-6-8-10-22)26(20-11-13-21(14-12-20)31(4)5)27-23(30-19)17-29(2,3)18-24(27)32/h6-14,25-26H,15-18H2,1-5H3/t25?,26-/m1/s1. The number of ketones is 1. The molecule has 35 heavy (non-hydrogen) atoms. The minimum Gasteiger partial charge on any atom is -0.490 e. The van der Waals surface area contributed by atoms with Crippen LogP contribution in [-0.4, -0.2) is 44.8 Å². The maximum absolute atomic E-state index is 13.4. The van der Waals surface area contributed by atoms with E-state index in [1.807, 2.05) is 80.5 Å². The molecule has 184 valence electrons. The average molecular weight is 475 g/mol. The molecule has 2 aromatic rings. The highest BCUT2D eigenvalue weighted by atomic mass is 16.6. The van der Waals surface area contributed by atoms with Gasteiger partial charge < -0.3 is 14.4 Å². The number of nitrogens with zero attached hydrogens (tertiary/aromatic N) is 2. The molecule has 0 bridgehead atoms. The SMILES string of the molecule is CC1=NC2=C(C(=O)CC(C)(C)C2)[C@H](c2ccc(N(C)C)cc2)C1C(=O)OCCOc1ccccc1. The van der Waals surface area contributed by atoms with E-state index in [0.29, 0.717) is 24.1 Å². The number of anilines is 1. The molecule has 0 fully saturated rings. The molecule has 0 aromatic heterocycles. The Morgan fingerprint density at radius 1 is 1.03 bits per heavy atom. The minimum absolute atomic E-state index is 0.0689. The number of Topliss-reactive ketones (excluding diaryl/α,β-unsaturated/α-hetero) is 1. The lowest BCUT2D eigenvalue weighted by atomic mass is 9.67. The second kappa shape index (κ2) is 10.1. The van der Waals surface area contributed by atoms with Gasteiger partial charge in [-0.05, 0) is 48.6 Å². The third-order valence-corrected chi connectivity index (χ3v) is 6.66. The molecule has 0 spiro atoms. The Balaban J connectivity index is 1.60. The van der Waals surface area contributed by atoms with Crippen molar-refractivity contribution in [1.82, 2.24) is 0 Å². The number of allylic oxidation sites excluding steroid dienone is 2. The normalized spacial score (nSPS) is 21.2. The highest BCUT2D eigenvalue weighted by Gasteiger charge is 2.46. The molecule has 0 amide bonds. The van der Waals surface area contributed by atoms with Crippen LogP contribution in [0.5, 0.6) is 5.75 Å². The number of hydrogen-bond acceptors (Lipinski definition) is 6. The largest absolute Gasteiger partial charge is 0.490 e. The summed E-state index contributed by atoms with van der Waals surface area (Å²) < 4.78 is 11.3. The van der Waals surface area contributed by atoms with E-state index in [-0.39, 0.29) is 30.4 Å². The van der Waals surface area contributed by atoms with Crippen molar-refractivity contribution in [2.45, 2.75) is 39.5 Å². The zero-order chi connectivity index (χ0) is 25.2. The number of carbonyl (C=O) groups excluding carboxylic acids is 2. The fourth-order valence-corrected chi connectivity index (χ4v) is 5.00. The van der Waals surface area contributed by atoms with Crippen LogP contribution in [0.15, 0.2) is 70.9 Å². The van der Waals surface area contributed by atoms with Crippen molar-refractivity contribution in [1.29, 1.82) is 0 Å². The molecule has 0 saturated heterocycles. The van der Waals surface area contributed by atoms with Crippen LogP contribution < -0.4 is 9.64 Å². The lowest BCUT2D eigenvalue weighted by Gasteiger charge is -2.39. The molecule has 1 heterocycles. The van der Waals surface area contributed by atoms with Crippen molar-refractivity contribution in [2.75, 3.05) is 32.2 Å². The number of para-hydroxylation sites is 1. The topological polar surface area (TPSA) is 68.2 Å². The van der Waals surface area contributed by atoms with Gasteiger partial charge in [-0.1, -0.05) is 44.2 Å². The van der Waals surface area contributed by atoms with Gasteiger partial charge in [-0.3, -0.25) is 14.6 Å². The molecule has 6 nitrogen and oxygen atoms in total. The number of rotatable bonds is 7. The Labute approximate surface area is 207 Å². The first-order chi connectivity index (χ1) is 16.7. The molecule has 6 heteroatoms. The number of esters is 1. The number of aliphatic imine (C=N–C) groups is 1. The van der Waals surface area contributed by atoms with Crippen molar-refractivity contribution < 1.29 is 19.1 Å². The number of carbonyl (C=O) groups is 2. The fraction of sp³-hybridized carbons (Fsp3) is 0.414. The van der Waals surface area contributed by atoms with Crippen LogP contribution in [0.25, 0.3) is 0 Å². The van der Waals surface area contributed by atoms with Crippen LogP contribution in [0, 0.1) is 11.3 Å². The molecule has 4 rings (SSSR count). The van der Waals surface area contributed by atoms with Gasteiger partial charge >= 0.3 is 5.97 Å². The highest BCUT2D eigenvalue weighted by Crippen LogP contribution is 2.48. The first-order valence-corrected chi connectivity index (χ1v) is 12.1. The first-order valence-electron chi connectivity index (χ1n) is 12.1. The molecule has 1 aliphatic carbocycles. The van der Waals surface area contributed by atoms with Gasteiger partial charge in [0, 0.05) is 49.1 Å². The average Bonchev–Trinajstić information content (AvgIpc) is 2.80. The lowest BCUT2D eigenvalue weighted by Crippen LogP contribution is -2.39. The molecule has 0 N–H and O–H groups in total. The predicted octanol–water partition coefficient (Wildman–Crippen LogP) is 5.19. The van der Waals surface area contributed by atoms with Gasteiger partial charge in [0.25, 0.3) is 0 Å². The molecular weight excluding hydrogens is 440 g/mol. The summed E-state index contributed by atoms with van der Waals surface area (Å²) in [4.78, 5) is 33.6. The van der Waals surface area contributed by atoms with Crippen molar-refractivity contribution >= 4 is 23.2 Å². The van der Waals surface area contributed by atoms with Crippen molar-refractivity contribution in [3.8, 4) is 5.75 Å². The highest BCUT2D eigenvalue weighted by molar-refractivity contribution is 6.09. The van der Waals surface area contributed by atoms with Crippen molar-refractivity contribution in [3.63, 3.8) is 0 Å². The summed E-state index contributed by atoms with van der Waals surface area (Å²) in [6.45, 7) is 6.42. The van der Waals surface area contributed by atoms with Crippen LogP contribution in [0.4, 0.5) is 5.69 Å². The van der Waals surface area contributed by atoms with E-state index in [1.54, 1.807) is 0 Å². The van der Waals surface area contributed by atoms with E-state index >= 15 is 0 Å². The molecular formula is C29H34N2O4. The molecule has 1 unspecified atom stereocenters. The zero-order valence-electron chi connectivity index (χ0n) is 21.2. The Bertz CT molecular complexity index is 1150. The van der Waals surface area contributed by atoms with Crippen molar-refractivity contribution in [2.24, 2.45) is 16.3 Å². The molecule has 2 atom stereocenters. The van der Waals surface area contributed by atoms with Gasteiger partial charge in [0.2, 0.25) is 0 Å². The summed E-state index contributed by atoms with van der Waals surface area (Å²) in [5.74, 6) is -0.651. The quantitative estimate of drug-likeness (QED) is 0.408. The fourth-order valence-electron chi connectivity index (χ4n) is 5.00. The molecule has 0 saturated carbocycles. The van der Waals surface area contributed by atoms with Crippen LogP contribution in [0.2, 0.25) is 0 Å². The zero-order valence-corrected chi connectivity index (χ0v) is 21.2. The monoisotopic (exact) mass is 474 g/mol. The van der Waals surface area contributed by atoms with Crippen LogP contribution in [0.3, 0.4) is 0 Å².